The quantitative estimate of drug-likeness (QED) is 0.697. The van der Waals surface area contributed by atoms with Crippen LogP contribution >= 0.6 is 0 Å². The van der Waals surface area contributed by atoms with Crippen LogP contribution in [0.25, 0.3) is 0 Å². The zero-order valence-corrected chi connectivity index (χ0v) is 7.11. The highest BCUT2D eigenvalue weighted by Gasteiger charge is 2.02. The number of hydrogen-bond donors (Lipinski definition) is 2. The van der Waals surface area contributed by atoms with Gasteiger partial charge in [0.1, 0.15) is 0 Å². The molecule has 1 rings (SSSR count). The zero-order valence-electron chi connectivity index (χ0n) is 7.11. The van der Waals surface area contributed by atoms with Crippen LogP contribution in [-0.4, -0.2) is 17.8 Å². The molecule has 1 atom stereocenters. The van der Waals surface area contributed by atoms with Gasteiger partial charge in [-0.15, -0.1) is 0 Å². The van der Waals surface area contributed by atoms with Crippen molar-refractivity contribution in [3.05, 3.63) is 35.9 Å². The van der Waals surface area contributed by atoms with E-state index in [0.717, 1.165) is 0 Å². The van der Waals surface area contributed by atoms with Gasteiger partial charge < -0.3 is 10.8 Å². The van der Waals surface area contributed by atoms with Gasteiger partial charge in [-0.05, 0) is 24.9 Å². The second-order valence-electron chi connectivity index (χ2n) is 2.92. The molecule has 0 saturated heterocycles. The lowest BCUT2D eigenvalue weighted by Crippen LogP contribution is -2.15. The Hall–Kier alpha value is -0.860. The monoisotopic (exact) mass is 165 g/mol. The van der Waals surface area contributed by atoms with E-state index in [1.165, 1.54) is 5.56 Å². The van der Waals surface area contributed by atoms with E-state index in [9.17, 15) is 5.11 Å². The predicted octanol–water partition coefficient (Wildman–Crippen LogP) is 0.939. The van der Waals surface area contributed by atoms with Crippen molar-refractivity contribution < 1.29 is 5.11 Å². The third-order valence-corrected chi connectivity index (χ3v) is 1.81. The summed E-state index contributed by atoms with van der Waals surface area (Å²) in [6.45, 7) is 0.550. The molecule has 0 unspecified atom stereocenters. The fraction of sp³-hybridized carbons (Fsp3) is 0.400. The fourth-order valence-electron chi connectivity index (χ4n) is 1.18. The van der Waals surface area contributed by atoms with Gasteiger partial charge in [-0.3, -0.25) is 0 Å². The van der Waals surface area contributed by atoms with Gasteiger partial charge >= 0.3 is 0 Å². The molecule has 0 amide bonds. The summed E-state index contributed by atoms with van der Waals surface area (Å²) >= 11 is 0. The van der Waals surface area contributed by atoms with Gasteiger partial charge in [0.25, 0.3) is 0 Å². The summed E-state index contributed by atoms with van der Waals surface area (Å²) in [5.41, 5.74) is 6.49. The molecule has 66 valence electrons. The highest BCUT2D eigenvalue weighted by Crippen LogP contribution is 2.04. The molecule has 0 bridgehead atoms. The van der Waals surface area contributed by atoms with Crippen LogP contribution in [0.15, 0.2) is 30.3 Å². The SMILES string of the molecule is NCC[C@@H](O)Cc1ccccc1. The maximum atomic E-state index is 9.42. The zero-order chi connectivity index (χ0) is 8.81. The lowest BCUT2D eigenvalue weighted by atomic mass is 10.1. The summed E-state index contributed by atoms with van der Waals surface area (Å²) in [6.07, 6.45) is 1.09. The van der Waals surface area contributed by atoms with Crippen molar-refractivity contribution in [2.75, 3.05) is 6.54 Å². The van der Waals surface area contributed by atoms with E-state index in [4.69, 9.17) is 5.73 Å². The molecule has 1 aromatic rings. The molecule has 0 aliphatic carbocycles. The first-order valence-electron chi connectivity index (χ1n) is 4.25. The third-order valence-electron chi connectivity index (χ3n) is 1.81. The molecular formula is C10H15NO. The van der Waals surface area contributed by atoms with E-state index in [1.54, 1.807) is 0 Å². The number of aliphatic hydroxyl groups is 1. The van der Waals surface area contributed by atoms with Crippen LogP contribution in [0.4, 0.5) is 0 Å². The average molecular weight is 165 g/mol. The highest BCUT2D eigenvalue weighted by atomic mass is 16.3. The molecule has 0 fully saturated rings. The molecule has 0 spiro atoms. The predicted molar refractivity (Wildman–Crippen MR) is 49.8 cm³/mol. The Bertz CT molecular complexity index is 210. The van der Waals surface area contributed by atoms with Gasteiger partial charge in [0, 0.05) is 0 Å². The van der Waals surface area contributed by atoms with Crippen molar-refractivity contribution in [3.63, 3.8) is 0 Å². The summed E-state index contributed by atoms with van der Waals surface area (Å²) in [6, 6.07) is 9.95. The third kappa shape index (κ3) is 3.03. The molecule has 3 N–H and O–H groups in total. The molecule has 12 heavy (non-hydrogen) atoms. The Morgan fingerprint density at radius 2 is 1.92 bits per heavy atom. The Morgan fingerprint density at radius 1 is 1.25 bits per heavy atom. The van der Waals surface area contributed by atoms with Gasteiger partial charge in [-0.1, -0.05) is 30.3 Å². The van der Waals surface area contributed by atoms with Gasteiger partial charge in [0.05, 0.1) is 6.10 Å². The Labute approximate surface area is 73.0 Å². The van der Waals surface area contributed by atoms with E-state index < -0.39 is 0 Å². The first kappa shape index (κ1) is 9.23. The Balaban J connectivity index is 2.41. The number of benzene rings is 1. The molecule has 0 saturated carbocycles. The lowest BCUT2D eigenvalue weighted by Gasteiger charge is -2.08. The smallest absolute Gasteiger partial charge is 0.0592 e. The molecule has 2 heteroatoms. The van der Waals surface area contributed by atoms with Crippen LogP contribution in [0.1, 0.15) is 12.0 Å². The van der Waals surface area contributed by atoms with E-state index in [0.29, 0.717) is 19.4 Å². The summed E-state index contributed by atoms with van der Waals surface area (Å²) in [4.78, 5) is 0. The summed E-state index contributed by atoms with van der Waals surface area (Å²) < 4.78 is 0. The minimum absolute atomic E-state index is 0.294. The van der Waals surface area contributed by atoms with Crippen molar-refractivity contribution in [2.45, 2.75) is 18.9 Å². The van der Waals surface area contributed by atoms with Crippen molar-refractivity contribution in [1.29, 1.82) is 0 Å². The molecule has 0 heterocycles. The maximum Gasteiger partial charge on any atom is 0.0592 e. The van der Waals surface area contributed by atoms with Crippen LogP contribution in [0.3, 0.4) is 0 Å². The summed E-state index contributed by atoms with van der Waals surface area (Å²) in [7, 11) is 0. The molecule has 0 radical (unpaired) electrons. The number of hydrogen-bond acceptors (Lipinski definition) is 2. The van der Waals surface area contributed by atoms with Crippen molar-refractivity contribution in [2.24, 2.45) is 5.73 Å². The van der Waals surface area contributed by atoms with Gasteiger partial charge in [0.2, 0.25) is 0 Å². The minimum Gasteiger partial charge on any atom is -0.393 e. The van der Waals surface area contributed by atoms with Crippen LogP contribution in [0.5, 0.6) is 0 Å². The molecule has 1 aromatic carbocycles. The van der Waals surface area contributed by atoms with Crippen molar-refractivity contribution in [1.82, 2.24) is 0 Å². The largest absolute Gasteiger partial charge is 0.393 e. The molecule has 0 aliphatic heterocycles. The van der Waals surface area contributed by atoms with Crippen LogP contribution < -0.4 is 5.73 Å². The van der Waals surface area contributed by atoms with Crippen molar-refractivity contribution >= 4 is 0 Å². The molecular weight excluding hydrogens is 150 g/mol. The summed E-state index contributed by atoms with van der Waals surface area (Å²) in [5.74, 6) is 0. The Kier molecular flexibility index (Phi) is 3.77. The number of rotatable bonds is 4. The van der Waals surface area contributed by atoms with Crippen LogP contribution in [0, 0.1) is 0 Å². The van der Waals surface area contributed by atoms with E-state index in [-0.39, 0.29) is 6.10 Å². The normalized spacial score (nSPS) is 12.8. The number of aliphatic hydroxyl groups excluding tert-OH is 1. The van der Waals surface area contributed by atoms with Gasteiger partial charge in [-0.25, -0.2) is 0 Å². The summed E-state index contributed by atoms with van der Waals surface area (Å²) in [5, 5.41) is 9.42. The van der Waals surface area contributed by atoms with Gasteiger partial charge in [-0.2, -0.15) is 0 Å². The maximum absolute atomic E-state index is 9.42. The average Bonchev–Trinajstić information content (AvgIpc) is 2.06. The standard InChI is InChI=1S/C10H15NO/c11-7-6-10(12)8-9-4-2-1-3-5-9/h1-5,10,12H,6-8,11H2/t10-/m1/s1. The second kappa shape index (κ2) is 4.91. The van der Waals surface area contributed by atoms with Crippen LogP contribution in [0.2, 0.25) is 0 Å². The second-order valence-corrected chi connectivity index (χ2v) is 2.92. The first-order valence-corrected chi connectivity index (χ1v) is 4.25. The first-order chi connectivity index (χ1) is 5.83. The lowest BCUT2D eigenvalue weighted by molar-refractivity contribution is 0.167. The van der Waals surface area contributed by atoms with E-state index >= 15 is 0 Å². The van der Waals surface area contributed by atoms with Crippen LogP contribution in [-0.2, 0) is 6.42 Å². The van der Waals surface area contributed by atoms with E-state index in [1.807, 2.05) is 30.3 Å². The van der Waals surface area contributed by atoms with Crippen molar-refractivity contribution in [3.8, 4) is 0 Å². The molecule has 2 nitrogen and oxygen atoms in total. The minimum atomic E-state index is -0.294. The van der Waals surface area contributed by atoms with E-state index in [2.05, 4.69) is 0 Å². The Morgan fingerprint density at radius 3 is 2.50 bits per heavy atom. The molecule has 0 aliphatic rings. The fourth-order valence-corrected chi connectivity index (χ4v) is 1.18. The topological polar surface area (TPSA) is 46.2 Å². The number of nitrogens with two attached hydrogens (primary N) is 1. The van der Waals surface area contributed by atoms with Gasteiger partial charge in [0.15, 0.2) is 0 Å². The highest BCUT2D eigenvalue weighted by molar-refractivity contribution is 5.15. The molecule has 0 aromatic heterocycles.